The van der Waals surface area contributed by atoms with Crippen LogP contribution in [0.2, 0.25) is 0 Å². The summed E-state index contributed by atoms with van der Waals surface area (Å²) in [6.07, 6.45) is 20.2. The molecule has 2 heteroatoms. The molecule has 0 amide bonds. The largest absolute Gasteiger partial charge is 0.235 e. The summed E-state index contributed by atoms with van der Waals surface area (Å²) in [5.41, 5.74) is 0. The molecule has 0 bridgehead atoms. The first kappa shape index (κ1) is 15.4. The molecule has 0 heterocycles. The smallest absolute Gasteiger partial charge is 0.211 e. The van der Waals surface area contributed by atoms with Gasteiger partial charge in [0.05, 0.1) is 6.04 Å². The van der Waals surface area contributed by atoms with E-state index in [1.807, 2.05) is 0 Å². The number of hydrogen-bond donors (Lipinski definition) is 0. The molecular formula is C16H29NO. The Balaban J connectivity index is 2.26. The molecule has 0 N–H and O–H groups in total. The average molecular weight is 251 g/mol. The molecule has 0 aliphatic heterocycles. The van der Waals surface area contributed by atoms with Crippen LogP contribution in [-0.2, 0) is 4.79 Å². The molecule has 0 spiro atoms. The first-order valence-corrected chi connectivity index (χ1v) is 8.00. The molecule has 1 rings (SSSR count). The molecule has 0 atom stereocenters. The summed E-state index contributed by atoms with van der Waals surface area (Å²) >= 11 is 0. The molecule has 104 valence electrons. The van der Waals surface area contributed by atoms with E-state index in [1.165, 1.54) is 77.0 Å². The first-order valence-electron chi connectivity index (χ1n) is 8.00. The van der Waals surface area contributed by atoms with Gasteiger partial charge in [0.25, 0.3) is 0 Å². The van der Waals surface area contributed by atoms with E-state index in [1.54, 1.807) is 6.08 Å². The highest BCUT2D eigenvalue weighted by atomic mass is 16.1. The second-order valence-corrected chi connectivity index (χ2v) is 5.69. The van der Waals surface area contributed by atoms with Gasteiger partial charge in [0, 0.05) is 0 Å². The van der Waals surface area contributed by atoms with Gasteiger partial charge in [-0.15, -0.1) is 0 Å². The third kappa shape index (κ3) is 8.47. The minimum Gasteiger partial charge on any atom is -0.211 e. The number of nitrogens with zero attached hydrogens (tertiary/aromatic N) is 1. The van der Waals surface area contributed by atoms with Crippen LogP contribution in [0.1, 0.15) is 89.9 Å². The van der Waals surface area contributed by atoms with Gasteiger partial charge in [-0.25, -0.2) is 9.79 Å². The molecule has 2 nitrogen and oxygen atoms in total. The number of aliphatic imine (C=N–C) groups is 1. The van der Waals surface area contributed by atoms with Gasteiger partial charge >= 0.3 is 0 Å². The van der Waals surface area contributed by atoms with Crippen molar-refractivity contribution < 1.29 is 4.79 Å². The molecule has 1 aliphatic rings. The molecule has 1 fully saturated rings. The fraction of sp³-hybridized carbons (Fsp3) is 0.938. The van der Waals surface area contributed by atoms with Crippen molar-refractivity contribution >= 4 is 6.08 Å². The molecule has 0 aromatic carbocycles. The molecule has 1 saturated carbocycles. The maximum Gasteiger partial charge on any atom is 0.235 e. The van der Waals surface area contributed by atoms with E-state index in [0.29, 0.717) is 0 Å². The Morgan fingerprint density at radius 3 is 1.28 bits per heavy atom. The predicted octanol–water partition coefficient (Wildman–Crippen LogP) is 5.17. The molecule has 0 aromatic rings. The monoisotopic (exact) mass is 251 g/mol. The Kier molecular flexibility index (Phi) is 9.84. The Hall–Kier alpha value is -0.620. The normalized spacial score (nSPS) is 22.4. The summed E-state index contributed by atoms with van der Waals surface area (Å²) in [4.78, 5) is 14.4. The van der Waals surface area contributed by atoms with E-state index in [-0.39, 0.29) is 6.04 Å². The highest BCUT2D eigenvalue weighted by Crippen LogP contribution is 2.18. The summed E-state index contributed by atoms with van der Waals surface area (Å²) < 4.78 is 0. The quantitative estimate of drug-likeness (QED) is 0.467. The van der Waals surface area contributed by atoms with E-state index >= 15 is 0 Å². The lowest BCUT2D eigenvalue weighted by Crippen LogP contribution is -2.04. The first-order chi connectivity index (χ1) is 8.93. The third-order valence-corrected chi connectivity index (χ3v) is 4.06. The van der Waals surface area contributed by atoms with Crippen molar-refractivity contribution in [3.63, 3.8) is 0 Å². The summed E-state index contributed by atoms with van der Waals surface area (Å²) in [7, 11) is 0. The molecule has 0 unspecified atom stereocenters. The van der Waals surface area contributed by atoms with E-state index in [9.17, 15) is 4.79 Å². The Morgan fingerprint density at radius 2 is 0.944 bits per heavy atom. The fourth-order valence-electron chi connectivity index (χ4n) is 2.88. The fourth-order valence-corrected chi connectivity index (χ4v) is 2.88. The summed E-state index contributed by atoms with van der Waals surface area (Å²) in [6.45, 7) is 0. The van der Waals surface area contributed by atoms with Gasteiger partial charge in [-0.1, -0.05) is 77.0 Å². The zero-order valence-electron chi connectivity index (χ0n) is 11.8. The molecule has 0 radical (unpaired) electrons. The van der Waals surface area contributed by atoms with Crippen LogP contribution in [0.15, 0.2) is 4.99 Å². The van der Waals surface area contributed by atoms with E-state index < -0.39 is 0 Å². The van der Waals surface area contributed by atoms with Crippen molar-refractivity contribution in [3.8, 4) is 0 Å². The summed E-state index contributed by atoms with van der Waals surface area (Å²) in [5, 5.41) is 0. The zero-order chi connectivity index (χ0) is 12.9. The van der Waals surface area contributed by atoms with Gasteiger partial charge < -0.3 is 0 Å². The van der Waals surface area contributed by atoms with Gasteiger partial charge in [-0.2, -0.15) is 0 Å². The van der Waals surface area contributed by atoms with E-state index in [4.69, 9.17) is 0 Å². The summed E-state index contributed by atoms with van der Waals surface area (Å²) in [6, 6.07) is 0.257. The SMILES string of the molecule is O=C=NC1CCCCCCCCCCCCCC1. The lowest BCUT2D eigenvalue weighted by atomic mass is 10.0. The van der Waals surface area contributed by atoms with Crippen LogP contribution in [0.4, 0.5) is 0 Å². The molecule has 0 aromatic heterocycles. The topological polar surface area (TPSA) is 29.4 Å². The predicted molar refractivity (Wildman–Crippen MR) is 76.5 cm³/mol. The maximum absolute atomic E-state index is 10.4. The van der Waals surface area contributed by atoms with Crippen molar-refractivity contribution in [2.75, 3.05) is 0 Å². The minimum absolute atomic E-state index is 0.257. The van der Waals surface area contributed by atoms with Crippen molar-refractivity contribution in [2.45, 2.75) is 95.9 Å². The lowest BCUT2D eigenvalue weighted by Gasteiger charge is -2.10. The zero-order valence-corrected chi connectivity index (χ0v) is 11.8. The molecule has 0 saturated heterocycles. The number of isocyanates is 1. The van der Waals surface area contributed by atoms with Crippen molar-refractivity contribution in [1.82, 2.24) is 0 Å². The second-order valence-electron chi connectivity index (χ2n) is 5.69. The highest BCUT2D eigenvalue weighted by molar-refractivity contribution is 5.33. The number of rotatable bonds is 1. The van der Waals surface area contributed by atoms with Crippen LogP contribution in [0.3, 0.4) is 0 Å². The molecule has 18 heavy (non-hydrogen) atoms. The van der Waals surface area contributed by atoms with Gasteiger partial charge in [0.15, 0.2) is 0 Å². The number of hydrogen-bond acceptors (Lipinski definition) is 2. The summed E-state index contributed by atoms with van der Waals surface area (Å²) in [5.74, 6) is 0. The maximum atomic E-state index is 10.4. The van der Waals surface area contributed by atoms with E-state index in [0.717, 1.165) is 12.8 Å². The average Bonchev–Trinajstić information content (AvgIpc) is 2.39. The van der Waals surface area contributed by atoms with Gasteiger partial charge in [0.1, 0.15) is 0 Å². The Labute approximate surface area is 112 Å². The number of carbonyl (C=O) groups excluding carboxylic acids is 1. The molecular weight excluding hydrogens is 222 g/mol. The Morgan fingerprint density at radius 1 is 0.611 bits per heavy atom. The standard InChI is InChI=1S/C16H29NO/c18-15-17-16-13-11-9-7-5-3-1-2-4-6-8-10-12-14-16/h16H,1-14H2. The van der Waals surface area contributed by atoms with Gasteiger partial charge in [-0.3, -0.25) is 0 Å². The van der Waals surface area contributed by atoms with Crippen molar-refractivity contribution in [1.29, 1.82) is 0 Å². The minimum atomic E-state index is 0.257. The van der Waals surface area contributed by atoms with E-state index in [2.05, 4.69) is 4.99 Å². The third-order valence-electron chi connectivity index (χ3n) is 4.06. The van der Waals surface area contributed by atoms with Crippen LogP contribution >= 0.6 is 0 Å². The second kappa shape index (κ2) is 11.5. The van der Waals surface area contributed by atoms with Crippen LogP contribution in [0.5, 0.6) is 0 Å². The highest BCUT2D eigenvalue weighted by Gasteiger charge is 2.06. The van der Waals surface area contributed by atoms with Gasteiger partial charge in [0.2, 0.25) is 6.08 Å². The van der Waals surface area contributed by atoms with Crippen LogP contribution < -0.4 is 0 Å². The van der Waals surface area contributed by atoms with Crippen molar-refractivity contribution in [2.24, 2.45) is 4.99 Å². The van der Waals surface area contributed by atoms with Gasteiger partial charge in [-0.05, 0) is 12.8 Å². The van der Waals surface area contributed by atoms with Crippen LogP contribution in [0.25, 0.3) is 0 Å². The van der Waals surface area contributed by atoms with Crippen molar-refractivity contribution in [3.05, 3.63) is 0 Å². The Bertz CT molecular complexity index is 217. The van der Waals surface area contributed by atoms with Crippen LogP contribution in [0, 0.1) is 0 Å². The molecule has 1 aliphatic carbocycles. The van der Waals surface area contributed by atoms with Crippen LogP contribution in [-0.4, -0.2) is 12.1 Å². The lowest BCUT2D eigenvalue weighted by molar-refractivity contribution is 0.484.